The van der Waals surface area contributed by atoms with Crippen LogP contribution in [0.25, 0.3) is 0 Å². The minimum atomic E-state index is -0.131. The van der Waals surface area contributed by atoms with Crippen molar-refractivity contribution in [1.82, 2.24) is 25.0 Å². The van der Waals surface area contributed by atoms with Gasteiger partial charge >= 0.3 is 0 Å². The predicted molar refractivity (Wildman–Crippen MR) is 77.3 cm³/mol. The summed E-state index contributed by atoms with van der Waals surface area (Å²) in [6, 6.07) is 0.228. The monoisotopic (exact) mass is 279 g/mol. The first kappa shape index (κ1) is 15.0. The summed E-state index contributed by atoms with van der Waals surface area (Å²) in [5, 5.41) is 7.22. The van der Waals surface area contributed by atoms with Gasteiger partial charge in [-0.1, -0.05) is 13.3 Å². The van der Waals surface area contributed by atoms with Gasteiger partial charge < -0.3 is 5.32 Å². The Hall–Kier alpha value is -1.43. The fourth-order valence-corrected chi connectivity index (χ4v) is 2.67. The molecule has 0 radical (unpaired) electrons. The second kappa shape index (κ2) is 6.83. The molecule has 0 spiro atoms. The van der Waals surface area contributed by atoms with Gasteiger partial charge in [-0.2, -0.15) is 5.10 Å². The molecule has 1 unspecified atom stereocenters. The van der Waals surface area contributed by atoms with Crippen LogP contribution in [0.1, 0.15) is 39.4 Å². The molecule has 1 atom stereocenters. The minimum Gasteiger partial charge on any atom is -0.353 e. The van der Waals surface area contributed by atoms with E-state index in [0.717, 1.165) is 38.3 Å². The zero-order valence-electron chi connectivity index (χ0n) is 12.7. The van der Waals surface area contributed by atoms with Gasteiger partial charge in [-0.05, 0) is 20.3 Å². The molecule has 0 aromatic carbocycles. The van der Waals surface area contributed by atoms with Crippen LogP contribution in [0, 0.1) is 0 Å². The van der Waals surface area contributed by atoms with E-state index in [9.17, 15) is 4.79 Å². The molecule has 6 nitrogen and oxygen atoms in total. The molecule has 1 aromatic heterocycles. The van der Waals surface area contributed by atoms with Gasteiger partial charge in [0.2, 0.25) is 5.91 Å². The van der Waals surface area contributed by atoms with Gasteiger partial charge in [0.1, 0.15) is 12.2 Å². The van der Waals surface area contributed by atoms with E-state index in [1.807, 2.05) is 4.68 Å². The van der Waals surface area contributed by atoms with E-state index in [1.54, 1.807) is 6.33 Å². The number of carbonyl (C=O) groups excluding carboxylic acids is 1. The highest BCUT2D eigenvalue weighted by molar-refractivity contribution is 5.82. The van der Waals surface area contributed by atoms with Gasteiger partial charge in [-0.3, -0.25) is 14.4 Å². The predicted octanol–water partition coefficient (Wildman–Crippen LogP) is 0.829. The molecule has 1 aliphatic rings. The summed E-state index contributed by atoms with van der Waals surface area (Å²) in [5.74, 6) is 1.01. The molecule has 6 heteroatoms. The number of unbranched alkanes of at least 4 members (excludes halogenated alkanes) is 1. The summed E-state index contributed by atoms with van der Waals surface area (Å²) < 4.78 is 1.93. The summed E-state index contributed by atoms with van der Waals surface area (Å²) in [4.78, 5) is 18.7. The number of hydrogen-bond donors (Lipinski definition) is 1. The SMILES string of the molecule is CCCCn1ncnc1CC1C(=O)NCCN1C(C)C. The number of hydrogen-bond acceptors (Lipinski definition) is 4. The lowest BCUT2D eigenvalue weighted by Crippen LogP contribution is -2.58. The quantitative estimate of drug-likeness (QED) is 0.838. The molecule has 1 aromatic rings. The van der Waals surface area contributed by atoms with E-state index < -0.39 is 0 Å². The van der Waals surface area contributed by atoms with Crippen molar-refractivity contribution < 1.29 is 4.79 Å². The van der Waals surface area contributed by atoms with E-state index >= 15 is 0 Å². The van der Waals surface area contributed by atoms with Crippen LogP contribution in [0.3, 0.4) is 0 Å². The lowest BCUT2D eigenvalue weighted by atomic mass is 10.1. The molecule has 1 saturated heterocycles. The van der Waals surface area contributed by atoms with Crippen molar-refractivity contribution in [2.75, 3.05) is 13.1 Å². The Morgan fingerprint density at radius 2 is 2.30 bits per heavy atom. The largest absolute Gasteiger partial charge is 0.353 e. The lowest BCUT2D eigenvalue weighted by Gasteiger charge is -2.37. The van der Waals surface area contributed by atoms with Gasteiger partial charge in [0.15, 0.2) is 0 Å². The maximum Gasteiger partial charge on any atom is 0.237 e. The minimum absolute atomic E-state index is 0.106. The topological polar surface area (TPSA) is 63.1 Å². The fourth-order valence-electron chi connectivity index (χ4n) is 2.67. The third kappa shape index (κ3) is 3.36. The van der Waals surface area contributed by atoms with Gasteiger partial charge in [-0.15, -0.1) is 0 Å². The van der Waals surface area contributed by atoms with Crippen LogP contribution in [-0.4, -0.2) is 50.7 Å². The third-order valence-corrected chi connectivity index (χ3v) is 3.83. The standard InChI is InChI=1S/C14H25N5O/c1-4-5-7-19-13(16-10-17-19)9-12-14(20)15-6-8-18(12)11(2)3/h10-12H,4-9H2,1-3H3,(H,15,20). The second-order valence-corrected chi connectivity index (χ2v) is 5.60. The molecule has 112 valence electrons. The molecule has 1 N–H and O–H groups in total. The number of aryl methyl sites for hydroxylation is 1. The van der Waals surface area contributed by atoms with Crippen LogP contribution in [-0.2, 0) is 17.8 Å². The average molecular weight is 279 g/mol. The van der Waals surface area contributed by atoms with E-state index in [0.29, 0.717) is 12.5 Å². The summed E-state index contributed by atoms with van der Waals surface area (Å²) in [6.45, 7) is 8.93. The Kier molecular flexibility index (Phi) is 5.11. The van der Waals surface area contributed by atoms with E-state index in [1.165, 1.54) is 0 Å². The molecule has 2 rings (SSSR count). The van der Waals surface area contributed by atoms with Crippen molar-refractivity contribution in [1.29, 1.82) is 0 Å². The van der Waals surface area contributed by atoms with E-state index in [-0.39, 0.29) is 11.9 Å². The number of nitrogens with one attached hydrogen (secondary N) is 1. The smallest absolute Gasteiger partial charge is 0.237 e. The maximum absolute atomic E-state index is 12.2. The van der Waals surface area contributed by atoms with Gasteiger partial charge in [0.25, 0.3) is 0 Å². The van der Waals surface area contributed by atoms with Gasteiger partial charge in [-0.25, -0.2) is 4.98 Å². The number of amides is 1. The highest BCUT2D eigenvalue weighted by Gasteiger charge is 2.32. The average Bonchev–Trinajstić information content (AvgIpc) is 2.85. The molecule has 1 aliphatic heterocycles. The van der Waals surface area contributed by atoms with Crippen molar-refractivity contribution in [3.8, 4) is 0 Å². The molecular weight excluding hydrogens is 254 g/mol. The maximum atomic E-state index is 12.2. The molecular formula is C14H25N5O. The normalized spacial score (nSPS) is 20.4. The number of nitrogens with zero attached hydrogens (tertiary/aromatic N) is 4. The summed E-state index contributed by atoms with van der Waals surface area (Å²) in [6.07, 6.45) is 4.43. The first-order chi connectivity index (χ1) is 9.63. The van der Waals surface area contributed by atoms with Crippen molar-refractivity contribution >= 4 is 5.91 Å². The van der Waals surface area contributed by atoms with Crippen LogP contribution >= 0.6 is 0 Å². The molecule has 0 bridgehead atoms. The number of piperazine rings is 1. The van der Waals surface area contributed by atoms with Gasteiger partial charge in [0.05, 0.1) is 6.04 Å². The first-order valence-electron chi connectivity index (χ1n) is 7.53. The van der Waals surface area contributed by atoms with Crippen LogP contribution < -0.4 is 5.32 Å². The molecule has 1 amide bonds. The summed E-state index contributed by atoms with van der Waals surface area (Å²) >= 11 is 0. The summed E-state index contributed by atoms with van der Waals surface area (Å²) in [5.41, 5.74) is 0. The lowest BCUT2D eigenvalue weighted by molar-refractivity contribution is -0.130. The zero-order valence-corrected chi connectivity index (χ0v) is 12.7. The molecule has 1 fully saturated rings. The molecule has 0 aliphatic carbocycles. The number of carbonyl (C=O) groups is 1. The Morgan fingerprint density at radius 1 is 1.50 bits per heavy atom. The molecule has 2 heterocycles. The van der Waals surface area contributed by atoms with Crippen LogP contribution in [0.15, 0.2) is 6.33 Å². The molecule has 0 saturated carbocycles. The van der Waals surface area contributed by atoms with Crippen molar-refractivity contribution in [2.24, 2.45) is 0 Å². The van der Waals surface area contributed by atoms with Crippen molar-refractivity contribution in [2.45, 2.75) is 58.7 Å². The third-order valence-electron chi connectivity index (χ3n) is 3.83. The fraction of sp³-hybridized carbons (Fsp3) is 0.786. The van der Waals surface area contributed by atoms with Crippen LogP contribution in [0.4, 0.5) is 0 Å². The van der Waals surface area contributed by atoms with Crippen molar-refractivity contribution in [3.05, 3.63) is 12.2 Å². The first-order valence-corrected chi connectivity index (χ1v) is 7.53. The molecule has 20 heavy (non-hydrogen) atoms. The van der Waals surface area contributed by atoms with Crippen molar-refractivity contribution in [3.63, 3.8) is 0 Å². The Balaban J connectivity index is 2.10. The number of rotatable bonds is 6. The van der Waals surface area contributed by atoms with Gasteiger partial charge in [0, 0.05) is 32.1 Å². The van der Waals surface area contributed by atoms with Crippen LogP contribution in [0.5, 0.6) is 0 Å². The van der Waals surface area contributed by atoms with E-state index in [4.69, 9.17) is 0 Å². The highest BCUT2D eigenvalue weighted by atomic mass is 16.2. The highest BCUT2D eigenvalue weighted by Crippen LogP contribution is 2.14. The van der Waals surface area contributed by atoms with Crippen LogP contribution in [0.2, 0.25) is 0 Å². The summed E-state index contributed by atoms with van der Waals surface area (Å²) in [7, 11) is 0. The zero-order chi connectivity index (χ0) is 14.5. The number of aromatic nitrogens is 3. The Bertz CT molecular complexity index is 443. The van der Waals surface area contributed by atoms with E-state index in [2.05, 4.69) is 41.1 Å². The second-order valence-electron chi connectivity index (χ2n) is 5.60. The Morgan fingerprint density at radius 3 is 3.00 bits per heavy atom. The Labute approximate surface area is 120 Å².